The van der Waals surface area contributed by atoms with Gasteiger partial charge >= 0.3 is 0 Å². The van der Waals surface area contributed by atoms with Crippen LogP contribution in [0.4, 0.5) is 0 Å². The van der Waals surface area contributed by atoms with Gasteiger partial charge in [-0.2, -0.15) is 0 Å². The van der Waals surface area contributed by atoms with Gasteiger partial charge in [-0.3, -0.25) is 4.99 Å². The number of aliphatic imine (C=N–C) groups is 1. The first kappa shape index (κ1) is 15.7. The normalized spacial score (nSPS) is 22.2. The fourth-order valence-electron chi connectivity index (χ4n) is 2.83. The van der Waals surface area contributed by atoms with Crippen molar-refractivity contribution in [3.8, 4) is 0 Å². The number of allylic oxidation sites excluding steroid dienone is 2. The predicted molar refractivity (Wildman–Crippen MR) is 87.1 cm³/mol. The van der Waals surface area contributed by atoms with Crippen molar-refractivity contribution in [2.45, 2.75) is 31.9 Å². The summed E-state index contributed by atoms with van der Waals surface area (Å²) in [6.45, 7) is 12.2. The van der Waals surface area contributed by atoms with Gasteiger partial charge in [0.05, 0.1) is 18.4 Å². The van der Waals surface area contributed by atoms with Crippen LogP contribution >= 0.6 is 0 Å². The number of rotatable bonds is 5. The SMILES string of the molecule is C=CC(=C)C1=NC(C(O)COC)C(C)c2ccc(C)cc21. The predicted octanol–water partition coefficient (Wildman–Crippen LogP) is 3.02. The second-order valence-electron chi connectivity index (χ2n) is 5.60. The van der Waals surface area contributed by atoms with E-state index in [0.717, 1.165) is 16.8 Å². The lowest BCUT2D eigenvalue weighted by atomic mass is 9.81. The Morgan fingerprint density at radius 1 is 1.52 bits per heavy atom. The number of aliphatic hydroxyl groups excluding tert-OH is 1. The van der Waals surface area contributed by atoms with Crippen LogP contribution in [0.15, 0.2) is 48.0 Å². The molecule has 3 atom stereocenters. The van der Waals surface area contributed by atoms with Gasteiger partial charge in [0.25, 0.3) is 0 Å². The first-order valence-corrected chi connectivity index (χ1v) is 7.17. The lowest BCUT2D eigenvalue weighted by molar-refractivity contribution is 0.0432. The highest BCUT2D eigenvalue weighted by atomic mass is 16.5. The van der Waals surface area contributed by atoms with Gasteiger partial charge in [0.15, 0.2) is 0 Å². The molecule has 3 unspecified atom stereocenters. The fourth-order valence-corrected chi connectivity index (χ4v) is 2.83. The van der Waals surface area contributed by atoms with E-state index < -0.39 is 6.10 Å². The molecule has 1 aromatic rings. The van der Waals surface area contributed by atoms with E-state index in [9.17, 15) is 5.11 Å². The van der Waals surface area contributed by atoms with Crippen molar-refractivity contribution in [1.29, 1.82) is 0 Å². The Morgan fingerprint density at radius 3 is 2.86 bits per heavy atom. The monoisotopic (exact) mass is 285 g/mol. The molecule has 0 spiro atoms. The molecular formula is C18H23NO2. The third-order valence-electron chi connectivity index (χ3n) is 4.03. The zero-order chi connectivity index (χ0) is 15.6. The quantitative estimate of drug-likeness (QED) is 0.845. The van der Waals surface area contributed by atoms with E-state index in [1.807, 2.05) is 0 Å². The van der Waals surface area contributed by atoms with E-state index in [2.05, 4.69) is 45.2 Å². The molecule has 0 saturated carbocycles. The molecule has 0 bridgehead atoms. The highest BCUT2D eigenvalue weighted by Gasteiger charge is 2.33. The molecule has 21 heavy (non-hydrogen) atoms. The van der Waals surface area contributed by atoms with Crippen LogP contribution in [0.3, 0.4) is 0 Å². The molecule has 0 aromatic heterocycles. The maximum absolute atomic E-state index is 10.3. The van der Waals surface area contributed by atoms with E-state index >= 15 is 0 Å². The second kappa shape index (κ2) is 6.37. The van der Waals surface area contributed by atoms with E-state index in [4.69, 9.17) is 9.73 Å². The summed E-state index contributed by atoms with van der Waals surface area (Å²) >= 11 is 0. The summed E-state index contributed by atoms with van der Waals surface area (Å²) in [5, 5.41) is 10.3. The molecule has 0 radical (unpaired) electrons. The molecule has 0 saturated heterocycles. The minimum Gasteiger partial charge on any atom is -0.388 e. The number of aryl methyl sites for hydroxylation is 1. The number of hydrogen-bond donors (Lipinski definition) is 1. The molecule has 3 nitrogen and oxygen atoms in total. The number of hydrogen-bond acceptors (Lipinski definition) is 3. The number of nitrogens with zero attached hydrogens (tertiary/aromatic N) is 1. The molecule has 112 valence electrons. The Kier molecular flexibility index (Phi) is 4.76. The van der Waals surface area contributed by atoms with Crippen molar-refractivity contribution in [3.63, 3.8) is 0 Å². The Bertz CT molecular complexity index is 589. The van der Waals surface area contributed by atoms with Crippen molar-refractivity contribution in [2.24, 2.45) is 4.99 Å². The highest BCUT2D eigenvalue weighted by molar-refractivity contribution is 6.15. The molecule has 1 aromatic carbocycles. The largest absolute Gasteiger partial charge is 0.388 e. The third-order valence-corrected chi connectivity index (χ3v) is 4.03. The van der Waals surface area contributed by atoms with Gasteiger partial charge < -0.3 is 9.84 Å². The topological polar surface area (TPSA) is 41.8 Å². The van der Waals surface area contributed by atoms with E-state index in [-0.39, 0.29) is 18.6 Å². The number of ether oxygens (including phenoxy) is 1. The summed E-state index contributed by atoms with van der Waals surface area (Å²) in [6, 6.07) is 6.10. The van der Waals surface area contributed by atoms with Crippen molar-refractivity contribution in [2.75, 3.05) is 13.7 Å². The summed E-state index contributed by atoms with van der Waals surface area (Å²) < 4.78 is 5.07. The van der Waals surface area contributed by atoms with Gasteiger partial charge in [0.2, 0.25) is 0 Å². The summed E-state index contributed by atoms with van der Waals surface area (Å²) in [4.78, 5) is 4.75. The zero-order valence-corrected chi connectivity index (χ0v) is 13.0. The molecule has 0 amide bonds. The van der Waals surface area contributed by atoms with Gasteiger partial charge in [-0.15, -0.1) is 0 Å². The molecule has 1 aliphatic rings. The first-order chi connectivity index (χ1) is 9.99. The van der Waals surface area contributed by atoms with Crippen molar-refractivity contribution in [3.05, 3.63) is 59.7 Å². The number of benzene rings is 1. The first-order valence-electron chi connectivity index (χ1n) is 7.17. The van der Waals surface area contributed by atoms with Crippen LogP contribution in [-0.4, -0.2) is 36.7 Å². The summed E-state index contributed by atoms with van der Waals surface area (Å²) in [5.74, 6) is 0.132. The van der Waals surface area contributed by atoms with Crippen LogP contribution in [-0.2, 0) is 4.74 Å². The molecule has 1 aliphatic heterocycles. The van der Waals surface area contributed by atoms with Gasteiger partial charge in [-0.1, -0.05) is 43.9 Å². The van der Waals surface area contributed by atoms with Crippen LogP contribution in [0.2, 0.25) is 0 Å². The summed E-state index contributed by atoms with van der Waals surface area (Å²) in [6.07, 6.45) is 1.08. The van der Waals surface area contributed by atoms with Crippen molar-refractivity contribution >= 4 is 5.71 Å². The Morgan fingerprint density at radius 2 is 2.24 bits per heavy atom. The maximum atomic E-state index is 10.3. The fraction of sp³-hybridized carbons (Fsp3) is 0.389. The summed E-state index contributed by atoms with van der Waals surface area (Å²) in [5.41, 5.74) is 5.06. The van der Waals surface area contributed by atoms with Gasteiger partial charge in [0.1, 0.15) is 6.10 Å². The molecule has 2 rings (SSSR count). The average molecular weight is 285 g/mol. The standard InChI is InChI=1S/C18H23NO2/c1-6-12(3)17-15-9-11(2)7-8-14(15)13(4)18(19-17)16(20)10-21-5/h6-9,13,16,18,20H,1,3,10H2,2,4-5H3. The molecular weight excluding hydrogens is 262 g/mol. The van der Waals surface area contributed by atoms with Gasteiger partial charge in [-0.25, -0.2) is 0 Å². The second-order valence-corrected chi connectivity index (χ2v) is 5.60. The highest BCUT2D eigenvalue weighted by Crippen LogP contribution is 2.34. The molecule has 1 N–H and O–H groups in total. The molecule has 1 heterocycles. The van der Waals surface area contributed by atoms with Gasteiger partial charge in [0, 0.05) is 18.6 Å². The average Bonchev–Trinajstić information content (AvgIpc) is 2.47. The van der Waals surface area contributed by atoms with Crippen LogP contribution in [0.5, 0.6) is 0 Å². The number of methoxy groups -OCH3 is 1. The van der Waals surface area contributed by atoms with Crippen LogP contribution < -0.4 is 0 Å². The third kappa shape index (κ3) is 2.99. The van der Waals surface area contributed by atoms with E-state index in [1.165, 1.54) is 11.1 Å². The molecule has 0 fully saturated rings. The lowest BCUT2D eigenvalue weighted by Gasteiger charge is -2.32. The van der Waals surface area contributed by atoms with Crippen molar-refractivity contribution in [1.82, 2.24) is 0 Å². The Balaban J connectivity index is 2.53. The Hall–Kier alpha value is -1.71. The zero-order valence-electron chi connectivity index (χ0n) is 13.0. The van der Waals surface area contributed by atoms with Crippen LogP contribution in [0.25, 0.3) is 0 Å². The minimum atomic E-state index is -0.632. The van der Waals surface area contributed by atoms with E-state index in [0.29, 0.717) is 0 Å². The van der Waals surface area contributed by atoms with Crippen LogP contribution in [0, 0.1) is 6.92 Å². The minimum absolute atomic E-state index is 0.132. The Labute approximate surface area is 126 Å². The smallest absolute Gasteiger partial charge is 0.100 e. The lowest BCUT2D eigenvalue weighted by Crippen LogP contribution is -2.37. The van der Waals surface area contributed by atoms with Crippen LogP contribution in [0.1, 0.15) is 29.5 Å². The molecule has 3 heteroatoms. The number of aliphatic hydroxyl groups is 1. The molecule has 0 aliphatic carbocycles. The maximum Gasteiger partial charge on any atom is 0.100 e. The van der Waals surface area contributed by atoms with Gasteiger partial charge in [-0.05, 0) is 24.1 Å². The summed E-state index contributed by atoms with van der Waals surface area (Å²) in [7, 11) is 1.58. The van der Waals surface area contributed by atoms with E-state index in [1.54, 1.807) is 13.2 Å². The van der Waals surface area contributed by atoms with Crippen molar-refractivity contribution < 1.29 is 9.84 Å². The number of fused-ring (bicyclic) bond motifs is 1.